The average Bonchev–Trinajstić information content (AvgIpc) is 2.11. The van der Waals surface area contributed by atoms with E-state index in [1.54, 1.807) is 0 Å². The summed E-state index contributed by atoms with van der Waals surface area (Å²) in [6.07, 6.45) is 1.28. The molecular weight excluding hydrogens is 319 g/mol. The third-order valence-corrected chi connectivity index (χ3v) is 3.35. The molecule has 4 heteroatoms. The summed E-state index contributed by atoms with van der Waals surface area (Å²) in [6, 6.07) is 5.77. The Kier molecular flexibility index (Phi) is 4.42. The number of hydrogen-bond donors (Lipinski definition) is 0. The topological polar surface area (TPSA) is 17.1 Å². The summed E-state index contributed by atoms with van der Waals surface area (Å²) in [6.45, 7) is 0. The second-order valence-corrected chi connectivity index (χ2v) is 4.83. The van der Waals surface area contributed by atoms with E-state index in [2.05, 4.69) is 31.9 Å². The van der Waals surface area contributed by atoms with Crippen molar-refractivity contribution in [3.05, 3.63) is 32.7 Å². The number of halogens is 3. The van der Waals surface area contributed by atoms with Gasteiger partial charge in [0.15, 0.2) is 0 Å². The first kappa shape index (κ1) is 11.2. The van der Waals surface area contributed by atoms with Gasteiger partial charge in [0.25, 0.3) is 0 Å². The molecule has 70 valence electrons. The second kappa shape index (κ2) is 5.13. The summed E-state index contributed by atoms with van der Waals surface area (Å²) < 4.78 is 1.93. The van der Waals surface area contributed by atoms with Crippen molar-refractivity contribution in [2.45, 2.75) is 11.8 Å². The van der Waals surface area contributed by atoms with Gasteiger partial charge in [-0.25, -0.2) is 0 Å². The maximum atomic E-state index is 10.4. The molecule has 0 saturated heterocycles. The molecule has 1 atom stereocenters. The molecule has 1 nitrogen and oxygen atoms in total. The first-order valence-corrected chi connectivity index (χ1v) is 5.69. The number of carbonyl (C=O) groups is 1. The first-order chi connectivity index (χ1) is 6.15. The van der Waals surface area contributed by atoms with Gasteiger partial charge in [-0.15, -0.1) is 11.6 Å². The van der Waals surface area contributed by atoms with Gasteiger partial charge in [-0.3, -0.25) is 0 Å². The van der Waals surface area contributed by atoms with Crippen LogP contribution in [-0.4, -0.2) is 11.7 Å². The molecule has 1 rings (SSSR count). The quantitative estimate of drug-likeness (QED) is 0.613. The third-order valence-electron chi connectivity index (χ3n) is 1.61. The van der Waals surface area contributed by atoms with Gasteiger partial charge in [0, 0.05) is 8.95 Å². The van der Waals surface area contributed by atoms with E-state index in [0.29, 0.717) is 6.42 Å². The Labute approximate surface area is 98.7 Å². The molecule has 0 aliphatic heterocycles. The Morgan fingerprint density at radius 2 is 1.92 bits per heavy atom. The number of alkyl halides is 1. The summed E-state index contributed by atoms with van der Waals surface area (Å²) >= 11 is 12.5. The third kappa shape index (κ3) is 3.08. The SMILES string of the molecule is O=CC(Cl)Cc1c(Br)cccc1Br. The van der Waals surface area contributed by atoms with Crippen LogP contribution in [0, 0.1) is 0 Å². The molecule has 0 aliphatic carbocycles. The van der Waals surface area contributed by atoms with Crippen LogP contribution < -0.4 is 0 Å². The maximum Gasteiger partial charge on any atom is 0.138 e. The van der Waals surface area contributed by atoms with Crippen LogP contribution in [0.25, 0.3) is 0 Å². The van der Waals surface area contributed by atoms with Gasteiger partial charge in [0.05, 0.1) is 5.38 Å². The predicted octanol–water partition coefficient (Wildman–Crippen LogP) is 3.56. The standard InChI is InChI=1S/C9H7Br2ClO/c10-8-2-1-3-9(11)7(8)4-6(12)5-13/h1-3,5-6H,4H2. The Hall–Kier alpha value is 0.140. The summed E-state index contributed by atoms with van der Waals surface area (Å²) in [5.74, 6) is 0. The van der Waals surface area contributed by atoms with Crippen molar-refractivity contribution in [3.8, 4) is 0 Å². The fourth-order valence-electron chi connectivity index (χ4n) is 0.970. The molecule has 1 aromatic carbocycles. The summed E-state index contributed by atoms with van der Waals surface area (Å²) in [5, 5.41) is -0.463. The molecule has 0 saturated carbocycles. The highest BCUT2D eigenvalue weighted by Gasteiger charge is 2.09. The van der Waals surface area contributed by atoms with Crippen molar-refractivity contribution in [3.63, 3.8) is 0 Å². The molecule has 1 unspecified atom stereocenters. The number of rotatable bonds is 3. The summed E-state index contributed by atoms with van der Waals surface area (Å²) in [4.78, 5) is 10.4. The van der Waals surface area contributed by atoms with E-state index in [-0.39, 0.29) is 0 Å². The largest absolute Gasteiger partial charge is 0.302 e. The lowest BCUT2D eigenvalue weighted by Crippen LogP contribution is -2.05. The molecule has 0 radical (unpaired) electrons. The van der Waals surface area contributed by atoms with Gasteiger partial charge in [-0.2, -0.15) is 0 Å². The van der Waals surface area contributed by atoms with E-state index in [1.807, 2.05) is 18.2 Å². The van der Waals surface area contributed by atoms with Gasteiger partial charge in [0.1, 0.15) is 6.29 Å². The minimum atomic E-state index is -0.463. The number of hydrogen-bond acceptors (Lipinski definition) is 1. The Morgan fingerprint density at radius 3 is 2.38 bits per heavy atom. The van der Waals surface area contributed by atoms with Gasteiger partial charge >= 0.3 is 0 Å². The molecule has 0 aliphatic rings. The highest BCUT2D eigenvalue weighted by molar-refractivity contribution is 9.11. The molecule has 0 bridgehead atoms. The van der Waals surface area contributed by atoms with Gasteiger partial charge in [-0.1, -0.05) is 37.9 Å². The Morgan fingerprint density at radius 1 is 1.38 bits per heavy atom. The molecule has 0 heterocycles. The van der Waals surface area contributed by atoms with Crippen LogP contribution in [-0.2, 0) is 11.2 Å². The molecule has 0 N–H and O–H groups in total. The van der Waals surface area contributed by atoms with Crippen molar-refractivity contribution in [1.82, 2.24) is 0 Å². The van der Waals surface area contributed by atoms with Crippen LogP contribution in [0.15, 0.2) is 27.1 Å². The molecule has 0 amide bonds. The van der Waals surface area contributed by atoms with Crippen LogP contribution in [0.4, 0.5) is 0 Å². The molecule has 0 fully saturated rings. The van der Waals surface area contributed by atoms with Crippen LogP contribution in [0.5, 0.6) is 0 Å². The van der Waals surface area contributed by atoms with Crippen molar-refractivity contribution < 1.29 is 4.79 Å². The Balaban J connectivity index is 2.93. The Bertz CT molecular complexity index is 294. The fraction of sp³-hybridized carbons (Fsp3) is 0.222. The number of benzene rings is 1. The van der Waals surface area contributed by atoms with Crippen LogP contribution in [0.2, 0.25) is 0 Å². The minimum Gasteiger partial charge on any atom is -0.302 e. The van der Waals surface area contributed by atoms with Crippen molar-refractivity contribution >= 4 is 49.7 Å². The predicted molar refractivity (Wildman–Crippen MR) is 61.3 cm³/mol. The summed E-state index contributed by atoms with van der Waals surface area (Å²) in [5.41, 5.74) is 1.02. The lowest BCUT2D eigenvalue weighted by atomic mass is 10.1. The first-order valence-electron chi connectivity index (χ1n) is 3.67. The van der Waals surface area contributed by atoms with Crippen LogP contribution >= 0.6 is 43.5 Å². The van der Waals surface area contributed by atoms with Crippen molar-refractivity contribution in [1.29, 1.82) is 0 Å². The lowest BCUT2D eigenvalue weighted by molar-refractivity contribution is -0.107. The van der Waals surface area contributed by atoms with E-state index in [0.717, 1.165) is 20.8 Å². The molecule has 1 aromatic rings. The van der Waals surface area contributed by atoms with Gasteiger partial charge in [-0.05, 0) is 24.1 Å². The van der Waals surface area contributed by atoms with E-state index >= 15 is 0 Å². The lowest BCUT2D eigenvalue weighted by Gasteiger charge is -2.07. The molecule has 0 aromatic heterocycles. The van der Waals surface area contributed by atoms with Gasteiger partial charge < -0.3 is 4.79 Å². The zero-order chi connectivity index (χ0) is 9.84. The van der Waals surface area contributed by atoms with Crippen molar-refractivity contribution in [2.24, 2.45) is 0 Å². The van der Waals surface area contributed by atoms with E-state index in [9.17, 15) is 4.79 Å². The zero-order valence-electron chi connectivity index (χ0n) is 6.64. The van der Waals surface area contributed by atoms with Gasteiger partial charge in [0.2, 0.25) is 0 Å². The zero-order valence-corrected chi connectivity index (χ0v) is 10.6. The normalized spacial score (nSPS) is 12.5. The van der Waals surface area contributed by atoms with E-state index in [1.165, 1.54) is 0 Å². The monoisotopic (exact) mass is 324 g/mol. The fourth-order valence-corrected chi connectivity index (χ4v) is 2.45. The highest BCUT2D eigenvalue weighted by Crippen LogP contribution is 2.26. The summed E-state index contributed by atoms with van der Waals surface area (Å²) in [7, 11) is 0. The minimum absolute atomic E-state index is 0.463. The van der Waals surface area contributed by atoms with E-state index < -0.39 is 5.38 Å². The van der Waals surface area contributed by atoms with Crippen LogP contribution in [0.3, 0.4) is 0 Å². The number of carbonyl (C=O) groups excluding carboxylic acids is 1. The number of aldehydes is 1. The average molecular weight is 326 g/mol. The molecular formula is C9H7Br2ClO. The smallest absolute Gasteiger partial charge is 0.138 e. The van der Waals surface area contributed by atoms with Crippen molar-refractivity contribution in [2.75, 3.05) is 0 Å². The van der Waals surface area contributed by atoms with Crippen LogP contribution in [0.1, 0.15) is 5.56 Å². The second-order valence-electron chi connectivity index (χ2n) is 2.56. The van der Waals surface area contributed by atoms with E-state index in [4.69, 9.17) is 11.6 Å². The molecule has 13 heavy (non-hydrogen) atoms. The maximum absolute atomic E-state index is 10.4. The highest BCUT2D eigenvalue weighted by atomic mass is 79.9. The molecule has 0 spiro atoms.